The SMILES string of the molecule is CN1CCN(Cc2ncccn2)C(=O)c2cc(-c3ccc(C(F)(F)F)cc3)ccc21. The number of alkyl halides is 3. The highest BCUT2D eigenvalue weighted by atomic mass is 19.4. The average molecular weight is 412 g/mol. The zero-order valence-electron chi connectivity index (χ0n) is 16.2. The number of likely N-dealkylation sites (N-methyl/N-ethyl adjacent to an activating group) is 1. The Labute approximate surface area is 171 Å². The van der Waals surface area contributed by atoms with Crippen LogP contribution in [0, 0.1) is 0 Å². The minimum atomic E-state index is -4.38. The first-order valence-corrected chi connectivity index (χ1v) is 9.41. The molecule has 4 rings (SSSR count). The molecule has 0 N–H and O–H groups in total. The fourth-order valence-corrected chi connectivity index (χ4v) is 3.47. The smallest absolute Gasteiger partial charge is 0.372 e. The van der Waals surface area contributed by atoms with Crippen molar-refractivity contribution in [3.8, 4) is 11.1 Å². The molecule has 0 fully saturated rings. The van der Waals surface area contributed by atoms with Crippen LogP contribution < -0.4 is 4.90 Å². The molecule has 2 heterocycles. The van der Waals surface area contributed by atoms with Gasteiger partial charge >= 0.3 is 6.18 Å². The monoisotopic (exact) mass is 412 g/mol. The van der Waals surface area contributed by atoms with Gasteiger partial charge in [-0.25, -0.2) is 9.97 Å². The Balaban J connectivity index is 1.67. The zero-order valence-corrected chi connectivity index (χ0v) is 16.2. The van der Waals surface area contributed by atoms with Gasteiger partial charge in [0.25, 0.3) is 5.91 Å². The van der Waals surface area contributed by atoms with Crippen LogP contribution in [0.2, 0.25) is 0 Å². The molecular formula is C22H19F3N4O. The Bertz CT molecular complexity index is 1050. The molecule has 0 saturated carbocycles. The fraction of sp³-hybridized carbons (Fsp3) is 0.227. The molecule has 1 amide bonds. The van der Waals surface area contributed by atoms with Gasteiger partial charge in [-0.3, -0.25) is 4.79 Å². The maximum atomic E-state index is 13.3. The van der Waals surface area contributed by atoms with Gasteiger partial charge in [0.2, 0.25) is 0 Å². The first kappa shape index (κ1) is 19.9. The second-order valence-corrected chi connectivity index (χ2v) is 7.12. The molecule has 0 aliphatic carbocycles. The summed E-state index contributed by atoms with van der Waals surface area (Å²) in [5, 5.41) is 0. The Kier molecular flexibility index (Phi) is 5.15. The summed E-state index contributed by atoms with van der Waals surface area (Å²) >= 11 is 0. The summed E-state index contributed by atoms with van der Waals surface area (Å²) in [4.78, 5) is 25.3. The third-order valence-electron chi connectivity index (χ3n) is 5.13. The molecule has 8 heteroatoms. The molecule has 5 nitrogen and oxygen atoms in total. The molecule has 1 aliphatic rings. The van der Waals surface area contributed by atoms with Crippen LogP contribution in [-0.2, 0) is 12.7 Å². The van der Waals surface area contributed by atoms with E-state index in [9.17, 15) is 18.0 Å². The third-order valence-corrected chi connectivity index (χ3v) is 5.13. The van der Waals surface area contributed by atoms with E-state index in [1.165, 1.54) is 12.1 Å². The molecular weight excluding hydrogens is 393 g/mol. The minimum Gasteiger partial charge on any atom is -0.372 e. The molecule has 0 atom stereocenters. The molecule has 1 aromatic heterocycles. The van der Waals surface area contributed by atoms with Gasteiger partial charge < -0.3 is 9.80 Å². The molecule has 2 aromatic carbocycles. The van der Waals surface area contributed by atoms with Crippen molar-refractivity contribution in [2.45, 2.75) is 12.7 Å². The average Bonchev–Trinajstić information content (AvgIpc) is 2.86. The van der Waals surface area contributed by atoms with E-state index >= 15 is 0 Å². The Morgan fingerprint density at radius 3 is 2.30 bits per heavy atom. The van der Waals surface area contributed by atoms with Crippen molar-refractivity contribution in [2.24, 2.45) is 0 Å². The number of fused-ring (bicyclic) bond motifs is 1. The number of anilines is 1. The van der Waals surface area contributed by atoms with Crippen LogP contribution in [0.5, 0.6) is 0 Å². The lowest BCUT2D eigenvalue weighted by Gasteiger charge is -2.20. The van der Waals surface area contributed by atoms with Crippen LogP contribution in [-0.4, -0.2) is 40.9 Å². The highest BCUT2D eigenvalue weighted by Crippen LogP contribution is 2.33. The Morgan fingerprint density at radius 1 is 0.967 bits per heavy atom. The summed E-state index contributed by atoms with van der Waals surface area (Å²) < 4.78 is 38.5. The number of nitrogens with zero attached hydrogens (tertiary/aromatic N) is 4. The van der Waals surface area contributed by atoms with Crippen LogP contribution in [0.1, 0.15) is 21.7 Å². The van der Waals surface area contributed by atoms with Gasteiger partial charge in [-0.1, -0.05) is 18.2 Å². The van der Waals surface area contributed by atoms with Gasteiger partial charge in [-0.05, 0) is 41.5 Å². The van der Waals surface area contributed by atoms with E-state index in [1.54, 1.807) is 29.4 Å². The quantitative estimate of drug-likeness (QED) is 0.645. The molecule has 154 valence electrons. The first-order valence-electron chi connectivity index (χ1n) is 9.41. The molecule has 0 unspecified atom stereocenters. The van der Waals surface area contributed by atoms with Gasteiger partial charge in [0, 0.05) is 38.2 Å². The summed E-state index contributed by atoms with van der Waals surface area (Å²) in [5.74, 6) is 0.395. The van der Waals surface area contributed by atoms with Crippen LogP contribution >= 0.6 is 0 Å². The summed E-state index contributed by atoms with van der Waals surface area (Å²) in [5.41, 5.74) is 1.88. The van der Waals surface area contributed by atoms with E-state index in [4.69, 9.17) is 0 Å². The number of hydrogen-bond donors (Lipinski definition) is 0. The Morgan fingerprint density at radius 2 is 1.63 bits per heavy atom. The number of amides is 1. The lowest BCUT2D eigenvalue weighted by Crippen LogP contribution is -2.33. The second-order valence-electron chi connectivity index (χ2n) is 7.12. The number of carbonyl (C=O) groups is 1. The summed E-state index contributed by atoms with van der Waals surface area (Å²) in [7, 11) is 1.91. The number of benzene rings is 2. The van der Waals surface area contributed by atoms with E-state index in [2.05, 4.69) is 9.97 Å². The lowest BCUT2D eigenvalue weighted by molar-refractivity contribution is -0.137. The molecule has 3 aromatic rings. The van der Waals surface area contributed by atoms with Crippen LogP contribution in [0.25, 0.3) is 11.1 Å². The first-order chi connectivity index (χ1) is 14.3. The van der Waals surface area contributed by atoms with Crippen molar-refractivity contribution < 1.29 is 18.0 Å². The molecule has 0 spiro atoms. The lowest BCUT2D eigenvalue weighted by atomic mass is 9.99. The number of rotatable bonds is 3. The maximum absolute atomic E-state index is 13.3. The topological polar surface area (TPSA) is 49.3 Å². The van der Waals surface area contributed by atoms with E-state index in [-0.39, 0.29) is 12.5 Å². The van der Waals surface area contributed by atoms with Gasteiger partial charge in [0.1, 0.15) is 5.82 Å². The van der Waals surface area contributed by atoms with Crippen LogP contribution in [0.4, 0.5) is 18.9 Å². The highest BCUT2D eigenvalue weighted by Gasteiger charge is 2.30. The molecule has 0 bridgehead atoms. The van der Waals surface area contributed by atoms with Crippen molar-refractivity contribution >= 4 is 11.6 Å². The fourth-order valence-electron chi connectivity index (χ4n) is 3.47. The van der Waals surface area contributed by atoms with Crippen LogP contribution in [0.15, 0.2) is 60.9 Å². The maximum Gasteiger partial charge on any atom is 0.416 e. The largest absolute Gasteiger partial charge is 0.416 e. The highest BCUT2D eigenvalue weighted by molar-refractivity contribution is 6.01. The van der Waals surface area contributed by atoms with E-state index in [1.807, 2.05) is 24.1 Å². The minimum absolute atomic E-state index is 0.157. The summed E-state index contributed by atoms with van der Waals surface area (Å²) in [6, 6.07) is 12.1. The molecule has 0 radical (unpaired) electrons. The van der Waals surface area contributed by atoms with Crippen molar-refractivity contribution in [1.29, 1.82) is 0 Å². The Hall–Kier alpha value is -3.42. The number of aromatic nitrogens is 2. The van der Waals surface area contributed by atoms with Gasteiger partial charge in [0.15, 0.2) is 0 Å². The predicted molar refractivity (Wildman–Crippen MR) is 107 cm³/mol. The van der Waals surface area contributed by atoms with Gasteiger partial charge in [-0.2, -0.15) is 13.2 Å². The number of halogens is 3. The summed E-state index contributed by atoms with van der Waals surface area (Å²) in [6.45, 7) is 1.44. The normalized spacial score (nSPS) is 14.5. The van der Waals surface area contributed by atoms with Crippen molar-refractivity contribution in [3.05, 3.63) is 77.9 Å². The van der Waals surface area contributed by atoms with Gasteiger partial charge in [-0.15, -0.1) is 0 Å². The predicted octanol–water partition coefficient (Wildman–Crippen LogP) is 4.25. The van der Waals surface area contributed by atoms with Crippen LogP contribution in [0.3, 0.4) is 0 Å². The van der Waals surface area contributed by atoms with E-state index in [0.717, 1.165) is 17.8 Å². The standard InChI is InChI=1S/C22H19F3N4O/c1-28-11-12-29(14-20-26-9-2-10-27-20)21(30)18-13-16(5-8-19(18)28)15-3-6-17(7-4-15)22(23,24)25/h2-10,13H,11-12,14H2,1H3. The van der Waals surface area contributed by atoms with E-state index < -0.39 is 11.7 Å². The van der Waals surface area contributed by atoms with Gasteiger partial charge in [0.05, 0.1) is 17.7 Å². The second kappa shape index (κ2) is 7.78. The van der Waals surface area contributed by atoms with E-state index in [0.29, 0.717) is 35.6 Å². The summed E-state index contributed by atoms with van der Waals surface area (Å²) in [6.07, 6.45) is -1.12. The molecule has 0 saturated heterocycles. The zero-order chi connectivity index (χ0) is 21.3. The number of carbonyl (C=O) groups excluding carboxylic acids is 1. The van der Waals surface area contributed by atoms with Crippen molar-refractivity contribution in [3.63, 3.8) is 0 Å². The van der Waals surface area contributed by atoms with Crippen molar-refractivity contribution in [1.82, 2.24) is 14.9 Å². The van der Waals surface area contributed by atoms with Crippen molar-refractivity contribution in [2.75, 3.05) is 25.0 Å². The third kappa shape index (κ3) is 3.98. The molecule has 1 aliphatic heterocycles. The number of hydrogen-bond acceptors (Lipinski definition) is 4. The molecule has 30 heavy (non-hydrogen) atoms.